The maximum absolute atomic E-state index is 13.6. The lowest BCUT2D eigenvalue weighted by Crippen LogP contribution is -2.48. The number of hydrogen-bond donors (Lipinski definition) is 1. The van der Waals surface area contributed by atoms with E-state index in [1.54, 1.807) is 12.1 Å². The van der Waals surface area contributed by atoms with Gasteiger partial charge in [-0.1, -0.05) is 12.1 Å². The maximum atomic E-state index is 13.6. The molecular weight excluding hydrogens is 429 g/mol. The van der Waals surface area contributed by atoms with Gasteiger partial charge in [-0.05, 0) is 49.6 Å². The van der Waals surface area contributed by atoms with Gasteiger partial charge in [0.1, 0.15) is 16.1 Å². The van der Waals surface area contributed by atoms with Crippen LogP contribution in [0.2, 0.25) is 0 Å². The minimum absolute atomic E-state index is 0.0249. The Balaban J connectivity index is 1.80. The van der Waals surface area contributed by atoms with Gasteiger partial charge in [-0.25, -0.2) is 12.8 Å². The van der Waals surface area contributed by atoms with Crippen molar-refractivity contribution in [2.75, 3.05) is 20.1 Å². The highest BCUT2D eigenvalue weighted by molar-refractivity contribution is 7.91. The van der Waals surface area contributed by atoms with Crippen molar-refractivity contribution in [1.29, 1.82) is 0 Å². The smallest absolute Gasteiger partial charge is 0.252 e. The van der Waals surface area contributed by atoms with Crippen molar-refractivity contribution in [3.05, 3.63) is 52.7 Å². The SMILES string of the molecule is Cc1ccc(S(=O)(=O)N2CCCC(C(=O)N(C)C(C(N)=O)c3cccc(F)c3)C2)s1. The van der Waals surface area contributed by atoms with Crippen LogP contribution >= 0.6 is 11.3 Å². The molecule has 2 amide bonds. The van der Waals surface area contributed by atoms with E-state index in [-0.39, 0.29) is 16.3 Å². The van der Waals surface area contributed by atoms with E-state index in [1.165, 1.54) is 45.8 Å². The number of piperidine rings is 1. The first kappa shape index (κ1) is 22.4. The van der Waals surface area contributed by atoms with Crippen LogP contribution in [-0.4, -0.2) is 49.6 Å². The van der Waals surface area contributed by atoms with Gasteiger partial charge in [-0.15, -0.1) is 11.3 Å². The summed E-state index contributed by atoms with van der Waals surface area (Å²) in [4.78, 5) is 27.2. The van der Waals surface area contributed by atoms with Crippen molar-refractivity contribution in [3.63, 3.8) is 0 Å². The Labute approximate surface area is 179 Å². The van der Waals surface area contributed by atoms with Gasteiger partial charge in [-0.2, -0.15) is 4.31 Å². The molecule has 0 bridgehead atoms. The molecule has 0 spiro atoms. The first-order valence-electron chi connectivity index (χ1n) is 9.49. The fraction of sp³-hybridized carbons (Fsp3) is 0.400. The molecule has 2 aromatic rings. The van der Waals surface area contributed by atoms with Crippen LogP contribution in [0.3, 0.4) is 0 Å². The minimum Gasteiger partial charge on any atom is -0.368 e. The zero-order valence-electron chi connectivity index (χ0n) is 16.7. The van der Waals surface area contributed by atoms with Crippen molar-refractivity contribution >= 4 is 33.2 Å². The third kappa shape index (κ3) is 4.55. The molecule has 2 N–H and O–H groups in total. The van der Waals surface area contributed by atoms with Gasteiger partial charge < -0.3 is 10.6 Å². The van der Waals surface area contributed by atoms with Crippen molar-refractivity contribution in [2.45, 2.75) is 30.0 Å². The number of amides is 2. The van der Waals surface area contributed by atoms with E-state index < -0.39 is 39.6 Å². The molecule has 7 nitrogen and oxygen atoms in total. The van der Waals surface area contributed by atoms with E-state index in [0.29, 0.717) is 19.4 Å². The van der Waals surface area contributed by atoms with Gasteiger partial charge in [-0.3, -0.25) is 9.59 Å². The summed E-state index contributed by atoms with van der Waals surface area (Å²) in [6.45, 7) is 2.19. The van der Waals surface area contributed by atoms with Crippen LogP contribution < -0.4 is 5.73 Å². The Kier molecular flexibility index (Phi) is 6.59. The summed E-state index contributed by atoms with van der Waals surface area (Å²) in [5.74, 6) is -2.34. The Bertz CT molecular complexity index is 1050. The molecule has 0 aliphatic carbocycles. The lowest BCUT2D eigenvalue weighted by Gasteiger charge is -2.35. The number of primary amides is 1. The normalized spacial score (nSPS) is 18.7. The largest absolute Gasteiger partial charge is 0.368 e. The van der Waals surface area contributed by atoms with Gasteiger partial charge in [0.15, 0.2) is 0 Å². The summed E-state index contributed by atoms with van der Waals surface area (Å²) in [5, 5.41) is 0. The summed E-state index contributed by atoms with van der Waals surface area (Å²) in [6, 6.07) is 7.54. The number of likely N-dealkylation sites (N-methyl/N-ethyl adjacent to an activating group) is 1. The molecule has 2 unspecified atom stereocenters. The number of benzene rings is 1. The van der Waals surface area contributed by atoms with Gasteiger partial charge in [0, 0.05) is 25.0 Å². The van der Waals surface area contributed by atoms with E-state index in [0.717, 1.165) is 10.9 Å². The van der Waals surface area contributed by atoms with E-state index in [2.05, 4.69) is 0 Å². The molecule has 1 aromatic heterocycles. The Morgan fingerprint density at radius 1 is 1.30 bits per heavy atom. The van der Waals surface area contributed by atoms with Gasteiger partial charge >= 0.3 is 0 Å². The highest BCUT2D eigenvalue weighted by Gasteiger charge is 2.37. The maximum Gasteiger partial charge on any atom is 0.252 e. The zero-order valence-corrected chi connectivity index (χ0v) is 18.4. The third-order valence-corrected chi connectivity index (χ3v) is 8.55. The van der Waals surface area contributed by atoms with Crippen LogP contribution in [0, 0.1) is 18.7 Å². The van der Waals surface area contributed by atoms with Crippen LogP contribution in [-0.2, 0) is 19.6 Å². The number of thiophene rings is 1. The second-order valence-corrected chi connectivity index (χ2v) is 10.8. The number of aryl methyl sites for hydroxylation is 1. The molecule has 0 radical (unpaired) electrons. The fourth-order valence-corrected chi connectivity index (χ4v) is 6.67. The lowest BCUT2D eigenvalue weighted by atomic mass is 9.96. The first-order chi connectivity index (χ1) is 14.1. The van der Waals surface area contributed by atoms with Crippen LogP contribution in [0.4, 0.5) is 4.39 Å². The van der Waals surface area contributed by atoms with Crippen LogP contribution in [0.1, 0.15) is 29.3 Å². The van der Waals surface area contributed by atoms with Crippen LogP contribution in [0.25, 0.3) is 0 Å². The highest BCUT2D eigenvalue weighted by atomic mass is 32.2. The Morgan fingerprint density at radius 2 is 2.03 bits per heavy atom. The molecule has 0 saturated carbocycles. The standard InChI is InChI=1S/C20H24FN3O4S2/c1-13-8-9-17(29-13)30(27,28)24-10-4-6-15(12-24)20(26)23(2)18(19(22)25)14-5-3-7-16(21)11-14/h3,5,7-9,11,15,18H,4,6,10,12H2,1-2H3,(H2,22,25). The molecule has 1 aliphatic rings. The Hall–Kier alpha value is -2.30. The molecular formula is C20H24FN3O4S2. The second kappa shape index (κ2) is 8.83. The number of rotatable bonds is 6. The number of hydrogen-bond acceptors (Lipinski definition) is 5. The van der Waals surface area contributed by atoms with Crippen LogP contribution in [0.15, 0.2) is 40.6 Å². The van der Waals surface area contributed by atoms with Crippen molar-refractivity contribution in [1.82, 2.24) is 9.21 Å². The quantitative estimate of drug-likeness (QED) is 0.725. The summed E-state index contributed by atoms with van der Waals surface area (Å²) >= 11 is 1.19. The number of sulfonamides is 1. The van der Waals surface area contributed by atoms with E-state index in [1.807, 2.05) is 6.92 Å². The van der Waals surface area contributed by atoms with Gasteiger partial charge in [0.2, 0.25) is 11.8 Å². The zero-order chi connectivity index (χ0) is 22.1. The molecule has 10 heteroatoms. The van der Waals surface area contributed by atoms with Crippen LogP contribution in [0.5, 0.6) is 0 Å². The van der Waals surface area contributed by atoms with Gasteiger partial charge in [0.25, 0.3) is 10.0 Å². The van der Waals surface area contributed by atoms with Gasteiger partial charge in [0.05, 0.1) is 5.92 Å². The number of carbonyl (C=O) groups is 2. The van der Waals surface area contributed by atoms with Crippen molar-refractivity contribution < 1.29 is 22.4 Å². The van der Waals surface area contributed by atoms with E-state index >= 15 is 0 Å². The average molecular weight is 454 g/mol. The minimum atomic E-state index is -3.69. The molecule has 1 fully saturated rings. The molecule has 1 aliphatic heterocycles. The predicted octanol–water partition coefficient (Wildman–Crippen LogP) is 2.28. The molecule has 1 aromatic carbocycles. The predicted molar refractivity (Wildman–Crippen MR) is 112 cm³/mol. The molecule has 1 saturated heterocycles. The third-order valence-electron chi connectivity index (χ3n) is 5.21. The summed E-state index contributed by atoms with van der Waals surface area (Å²) in [6.07, 6.45) is 1.02. The van der Waals surface area contributed by atoms with E-state index in [9.17, 15) is 22.4 Å². The first-order valence-corrected chi connectivity index (χ1v) is 11.7. The monoisotopic (exact) mass is 453 g/mol. The number of nitrogens with two attached hydrogens (primary N) is 1. The van der Waals surface area contributed by atoms with E-state index in [4.69, 9.17) is 5.73 Å². The summed E-state index contributed by atoms with van der Waals surface area (Å²) in [5.41, 5.74) is 5.77. The molecule has 162 valence electrons. The highest BCUT2D eigenvalue weighted by Crippen LogP contribution is 2.30. The van der Waals surface area contributed by atoms with Crippen molar-refractivity contribution in [3.8, 4) is 0 Å². The number of carbonyl (C=O) groups excluding carboxylic acids is 2. The molecule has 3 rings (SSSR count). The van der Waals surface area contributed by atoms with Crippen molar-refractivity contribution in [2.24, 2.45) is 11.7 Å². The molecule has 2 atom stereocenters. The lowest BCUT2D eigenvalue weighted by molar-refractivity contribution is -0.142. The molecule has 30 heavy (non-hydrogen) atoms. The summed E-state index contributed by atoms with van der Waals surface area (Å²) < 4.78 is 41.1. The average Bonchev–Trinajstić information content (AvgIpc) is 3.14. The Morgan fingerprint density at radius 3 is 2.63 bits per heavy atom. The molecule has 2 heterocycles. The number of halogens is 1. The fourth-order valence-electron chi connectivity index (χ4n) is 3.71. The summed E-state index contributed by atoms with van der Waals surface area (Å²) in [7, 11) is -2.26. The number of nitrogens with zero attached hydrogens (tertiary/aromatic N) is 2. The topological polar surface area (TPSA) is 101 Å². The second-order valence-electron chi connectivity index (χ2n) is 7.38.